The minimum atomic E-state index is 0.280. The Labute approximate surface area is 127 Å². The van der Waals surface area contributed by atoms with Crippen molar-refractivity contribution in [3.8, 4) is 10.6 Å². The van der Waals surface area contributed by atoms with Gasteiger partial charge in [-0.2, -0.15) is 0 Å². The summed E-state index contributed by atoms with van der Waals surface area (Å²) in [7, 11) is 1.95. The lowest BCUT2D eigenvalue weighted by Crippen LogP contribution is -2.14. The molecule has 1 unspecified atom stereocenters. The van der Waals surface area contributed by atoms with Crippen LogP contribution in [0.4, 0.5) is 0 Å². The molecule has 1 aromatic heterocycles. The quantitative estimate of drug-likeness (QED) is 0.840. The van der Waals surface area contributed by atoms with Gasteiger partial charge in [-0.3, -0.25) is 0 Å². The molecule has 0 saturated heterocycles. The molecule has 2 rings (SSSR count). The number of nitrogens with one attached hydrogen (secondary N) is 1. The third-order valence-electron chi connectivity index (χ3n) is 2.65. The van der Waals surface area contributed by atoms with E-state index in [1.807, 2.05) is 19.2 Å². The van der Waals surface area contributed by atoms with Gasteiger partial charge in [-0.1, -0.05) is 50.1 Å². The average Bonchev–Trinajstić information content (AvgIpc) is 2.83. The van der Waals surface area contributed by atoms with Gasteiger partial charge in [-0.15, -0.1) is 10.2 Å². The Balaban J connectivity index is 2.37. The molecule has 0 amide bonds. The summed E-state index contributed by atoms with van der Waals surface area (Å²) >= 11 is 8.66. The molecular formula is C12H13Br2N3S. The molecule has 0 fully saturated rings. The largest absolute Gasteiger partial charge is 0.311 e. The van der Waals surface area contributed by atoms with E-state index in [-0.39, 0.29) is 6.04 Å². The summed E-state index contributed by atoms with van der Waals surface area (Å²) in [6.45, 7) is 2.14. The lowest BCUT2D eigenvalue weighted by atomic mass is 10.2. The highest BCUT2D eigenvalue weighted by molar-refractivity contribution is 9.11. The van der Waals surface area contributed by atoms with Crippen LogP contribution >= 0.6 is 43.2 Å². The molecule has 0 bridgehead atoms. The van der Waals surface area contributed by atoms with Crippen LogP contribution in [-0.4, -0.2) is 17.2 Å². The van der Waals surface area contributed by atoms with E-state index in [2.05, 4.69) is 60.4 Å². The van der Waals surface area contributed by atoms with Crippen LogP contribution in [0.25, 0.3) is 10.6 Å². The van der Waals surface area contributed by atoms with E-state index in [0.29, 0.717) is 0 Å². The predicted octanol–water partition coefficient (Wildman–Crippen LogP) is 4.40. The Kier molecular flexibility index (Phi) is 4.89. The van der Waals surface area contributed by atoms with Crippen molar-refractivity contribution in [1.82, 2.24) is 15.5 Å². The molecule has 2 aromatic rings. The van der Waals surface area contributed by atoms with Gasteiger partial charge in [0, 0.05) is 14.5 Å². The SMILES string of the molecule is CCC(NC)c1nnc(-c2cc(Br)ccc2Br)s1. The minimum Gasteiger partial charge on any atom is -0.311 e. The molecule has 1 heterocycles. The monoisotopic (exact) mass is 389 g/mol. The highest BCUT2D eigenvalue weighted by Gasteiger charge is 2.15. The van der Waals surface area contributed by atoms with Gasteiger partial charge in [0.15, 0.2) is 0 Å². The number of rotatable bonds is 4. The molecule has 0 aliphatic rings. The predicted molar refractivity (Wildman–Crippen MR) is 82.8 cm³/mol. The fourth-order valence-electron chi connectivity index (χ4n) is 1.65. The Morgan fingerprint density at radius 1 is 1.33 bits per heavy atom. The highest BCUT2D eigenvalue weighted by Crippen LogP contribution is 2.34. The number of hydrogen-bond acceptors (Lipinski definition) is 4. The first-order valence-electron chi connectivity index (χ1n) is 5.61. The third-order valence-corrected chi connectivity index (χ3v) is 4.91. The maximum absolute atomic E-state index is 4.28. The maximum atomic E-state index is 4.28. The molecule has 0 saturated carbocycles. The first-order chi connectivity index (χ1) is 8.65. The lowest BCUT2D eigenvalue weighted by Gasteiger charge is -2.08. The summed E-state index contributed by atoms with van der Waals surface area (Å²) in [4.78, 5) is 0. The fraction of sp³-hybridized carbons (Fsp3) is 0.333. The molecule has 1 aromatic carbocycles. The molecule has 1 atom stereocenters. The van der Waals surface area contributed by atoms with Crippen molar-refractivity contribution >= 4 is 43.2 Å². The van der Waals surface area contributed by atoms with Crippen LogP contribution in [0.2, 0.25) is 0 Å². The number of aromatic nitrogens is 2. The Bertz CT molecular complexity index is 538. The van der Waals surface area contributed by atoms with Gasteiger partial charge in [0.25, 0.3) is 0 Å². The number of halogens is 2. The molecule has 0 radical (unpaired) electrons. The minimum absolute atomic E-state index is 0.280. The number of hydrogen-bond donors (Lipinski definition) is 1. The average molecular weight is 391 g/mol. The van der Waals surface area contributed by atoms with Crippen LogP contribution in [0.1, 0.15) is 24.4 Å². The van der Waals surface area contributed by atoms with Crippen LogP contribution in [0.15, 0.2) is 27.1 Å². The zero-order valence-electron chi connectivity index (χ0n) is 10.1. The van der Waals surface area contributed by atoms with Crippen LogP contribution < -0.4 is 5.32 Å². The van der Waals surface area contributed by atoms with E-state index in [4.69, 9.17) is 0 Å². The number of nitrogens with zero attached hydrogens (tertiary/aromatic N) is 2. The summed E-state index contributed by atoms with van der Waals surface area (Å²) in [5.41, 5.74) is 1.07. The second-order valence-electron chi connectivity index (χ2n) is 3.82. The summed E-state index contributed by atoms with van der Waals surface area (Å²) in [6.07, 6.45) is 1.00. The molecule has 0 aliphatic carbocycles. The van der Waals surface area contributed by atoms with Crippen molar-refractivity contribution in [3.63, 3.8) is 0 Å². The Morgan fingerprint density at radius 3 is 2.78 bits per heavy atom. The first kappa shape index (κ1) is 14.1. The first-order valence-corrected chi connectivity index (χ1v) is 8.02. The zero-order chi connectivity index (χ0) is 13.1. The summed E-state index contributed by atoms with van der Waals surface area (Å²) in [5.74, 6) is 0. The number of benzene rings is 1. The molecular weight excluding hydrogens is 378 g/mol. The molecule has 3 nitrogen and oxygen atoms in total. The Hall–Kier alpha value is -0.300. The fourth-order valence-corrected chi connectivity index (χ4v) is 3.64. The maximum Gasteiger partial charge on any atom is 0.149 e. The van der Waals surface area contributed by atoms with Crippen LogP contribution in [0.3, 0.4) is 0 Å². The van der Waals surface area contributed by atoms with Crippen molar-refractivity contribution in [2.24, 2.45) is 0 Å². The van der Waals surface area contributed by atoms with Crippen molar-refractivity contribution in [1.29, 1.82) is 0 Å². The van der Waals surface area contributed by atoms with Gasteiger partial charge in [0.1, 0.15) is 10.0 Å². The third kappa shape index (κ3) is 2.99. The highest BCUT2D eigenvalue weighted by atomic mass is 79.9. The van der Waals surface area contributed by atoms with E-state index >= 15 is 0 Å². The van der Waals surface area contributed by atoms with Gasteiger partial charge in [-0.25, -0.2) is 0 Å². The molecule has 96 valence electrons. The Morgan fingerprint density at radius 2 is 2.11 bits per heavy atom. The summed E-state index contributed by atoms with van der Waals surface area (Å²) in [5, 5.41) is 13.8. The molecule has 1 N–H and O–H groups in total. The van der Waals surface area contributed by atoms with Crippen molar-refractivity contribution in [2.45, 2.75) is 19.4 Å². The standard InChI is InChI=1S/C12H13Br2N3S/c1-3-10(15-2)12-17-16-11(18-12)8-6-7(13)4-5-9(8)14/h4-6,10,15H,3H2,1-2H3. The van der Waals surface area contributed by atoms with Gasteiger partial charge >= 0.3 is 0 Å². The van der Waals surface area contributed by atoms with E-state index < -0.39 is 0 Å². The van der Waals surface area contributed by atoms with Gasteiger partial charge in [0.05, 0.1) is 6.04 Å². The zero-order valence-corrected chi connectivity index (χ0v) is 14.1. The van der Waals surface area contributed by atoms with Crippen LogP contribution in [-0.2, 0) is 0 Å². The summed E-state index contributed by atoms with van der Waals surface area (Å²) in [6, 6.07) is 6.34. The van der Waals surface area contributed by atoms with E-state index in [1.54, 1.807) is 11.3 Å². The molecule has 6 heteroatoms. The second-order valence-corrected chi connectivity index (χ2v) is 6.60. The molecule has 0 spiro atoms. The van der Waals surface area contributed by atoms with E-state index in [1.165, 1.54) is 0 Å². The van der Waals surface area contributed by atoms with Crippen LogP contribution in [0.5, 0.6) is 0 Å². The van der Waals surface area contributed by atoms with Crippen LogP contribution in [0, 0.1) is 0 Å². The van der Waals surface area contributed by atoms with E-state index in [9.17, 15) is 0 Å². The van der Waals surface area contributed by atoms with Gasteiger partial charge in [-0.05, 0) is 31.7 Å². The lowest BCUT2D eigenvalue weighted by molar-refractivity contribution is 0.568. The second kappa shape index (κ2) is 6.23. The van der Waals surface area contributed by atoms with Crippen molar-refractivity contribution in [2.75, 3.05) is 7.05 Å². The van der Waals surface area contributed by atoms with Gasteiger partial charge in [0.2, 0.25) is 0 Å². The van der Waals surface area contributed by atoms with Crippen molar-refractivity contribution < 1.29 is 0 Å². The van der Waals surface area contributed by atoms with Gasteiger partial charge < -0.3 is 5.32 Å². The summed E-state index contributed by atoms with van der Waals surface area (Å²) < 4.78 is 2.07. The van der Waals surface area contributed by atoms with E-state index in [0.717, 1.165) is 30.9 Å². The topological polar surface area (TPSA) is 37.8 Å². The normalized spacial score (nSPS) is 12.7. The molecule has 18 heavy (non-hydrogen) atoms. The van der Waals surface area contributed by atoms with Crippen molar-refractivity contribution in [3.05, 3.63) is 32.2 Å². The molecule has 0 aliphatic heterocycles. The smallest absolute Gasteiger partial charge is 0.149 e.